The van der Waals surface area contributed by atoms with Gasteiger partial charge in [-0.05, 0) is 70.8 Å². The number of nitrogens with two attached hydrogens (primary N) is 1. The summed E-state index contributed by atoms with van der Waals surface area (Å²) < 4.78 is 9.92. The number of allylic oxidation sites excluding steroid dienone is 2. The highest BCUT2D eigenvalue weighted by Crippen LogP contribution is 2.31. The van der Waals surface area contributed by atoms with Crippen molar-refractivity contribution in [3.63, 3.8) is 0 Å². The molecule has 3 N–H and O–H groups in total. The Morgan fingerprint density at radius 1 is 1.12 bits per heavy atom. The number of nitrogens with one attached hydrogen (secondary N) is 1. The number of carbonyl (C=O) groups is 2. The lowest BCUT2D eigenvalue weighted by Gasteiger charge is -2.26. The topological polar surface area (TPSA) is 120 Å². The van der Waals surface area contributed by atoms with Crippen LogP contribution in [0.2, 0.25) is 0 Å². The van der Waals surface area contributed by atoms with Gasteiger partial charge < -0.3 is 25.3 Å². The van der Waals surface area contributed by atoms with Gasteiger partial charge in [-0.25, -0.2) is 4.98 Å². The molecule has 0 saturated carbocycles. The van der Waals surface area contributed by atoms with Crippen LogP contribution in [0.15, 0.2) is 30.4 Å². The third-order valence-corrected chi connectivity index (χ3v) is 6.68. The van der Waals surface area contributed by atoms with Crippen molar-refractivity contribution in [2.45, 2.75) is 79.8 Å². The van der Waals surface area contributed by atoms with E-state index in [9.17, 15) is 9.59 Å². The Bertz CT molecular complexity index is 1260. The van der Waals surface area contributed by atoms with E-state index < -0.39 is 5.91 Å². The molecule has 41 heavy (non-hydrogen) atoms. The van der Waals surface area contributed by atoms with Crippen LogP contribution in [0.25, 0.3) is 11.0 Å². The molecule has 0 bridgehead atoms. The highest BCUT2D eigenvalue weighted by atomic mass is 16.5. The second kappa shape index (κ2) is 17.9. The maximum Gasteiger partial charge on any atom is 0.248 e. The van der Waals surface area contributed by atoms with Crippen molar-refractivity contribution in [3.05, 3.63) is 47.3 Å². The third kappa shape index (κ3) is 9.74. The summed E-state index contributed by atoms with van der Waals surface area (Å²) >= 11 is 0. The van der Waals surface area contributed by atoms with Gasteiger partial charge in [-0.15, -0.1) is 0 Å². The fraction of sp³-hybridized carbons (Fsp3) is 0.548. The van der Waals surface area contributed by atoms with Gasteiger partial charge in [0.2, 0.25) is 11.9 Å². The lowest BCUT2D eigenvalue weighted by Crippen LogP contribution is -2.31. The minimum atomic E-state index is -0.475. The van der Waals surface area contributed by atoms with E-state index >= 15 is 0 Å². The maximum absolute atomic E-state index is 11.8. The van der Waals surface area contributed by atoms with Gasteiger partial charge >= 0.3 is 0 Å². The molecule has 1 fully saturated rings. The van der Waals surface area contributed by atoms with Crippen LogP contribution in [-0.2, 0) is 13.1 Å². The van der Waals surface area contributed by atoms with Crippen LogP contribution < -0.4 is 15.8 Å². The summed E-state index contributed by atoms with van der Waals surface area (Å²) in [6.07, 6.45) is 10.9. The van der Waals surface area contributed by atoms with E-state index in [0.717, 1.165) is 49.4 Å². The molecule has 4 rings (SSSR count). The number of carbonyl (C=O) groups excluding carboxylic acids is 2. The number of aldehydes is 1. The van der Waals surface area contributed by atoms with E-state index in [0.29, 0.717) is 35.7 Å². The van der Waals surface area contributed by atoms with Crippen molar-refractivity contribution >= 4 is 29.2 Å². The second-order valence-electron chi connectivity index (χ2n) is 9.63. The first-order valence-electron chi connectivity index (χ1n) is 14.9. The number of benzene rings is 1. The van der Waals surface area contributed by atoms with Gasteiger partial charge in [-0.1, -0.05) is 39.3 Å². The first kappa shape index (κ1) is 33.5. The molecule has 2 aromatic heterocycles. The number of anilines is 1. The molecule has 3 heterocycles. The van der Waals surface area contributed by atoms with E-state index in [1.54, 1.807) is 22.9 Å². The van der Waals surface area contributed by atoms with Crippen LogP contribution in [0.5, 0.6) is 5.75 Å². The van der Waals surface area contributed by atoms with Crippen LogP contribution in [0.4, 0.5) is 5.95 Å². The summed E-state index contributed by atoms with van der Waals surface area (Å²) in [5, 5.41) is 7.22. The quantitative estimate of drug-likeness (QED) is 0.170. The van der Waals surface area contributed by atoms with Crippen molar-refractivity contribution in [2.75, 3.05) is 38.6 Å². The van der Waals surface area contributed by atoms with Gasteiger partial charge in [-0.3, -0.25) is 14.3 Å². The number of imidazole rings is 1. The van der Waals surface area contributed by atoms with Crippen LogP contribution in [-0.4, -0.2) is 69.7 Å². The van der Waals surface area contributed by atoms with Crippen molar-refractivity contribution in [3.8, 4) is 5.75 Å². The van der Waals surface area contributed by atoms with Gasteiger partial charge in [0, 0.05) is 32.2 Å². The standard InChI is InChI=1S/C22H33N5O2.C7H10N2O.C2H6/c1-3-4-6-13-27-20-18(25-22(27)24-2)15-17(21(23)28)16-19(20)29-14-9-12-26-10-7-5-8-11-26;1-3-9-7(5-10)4-6(2)8-9;1-2/h4,6,15-16H,3,5,7-14H2,1-2H3,(H2,23,28)(H,24,25);4-5H,3H2,1-2H3;1-2H3/b6-4+;;. The molecule has 10 heteroatoms. The number of hydrogen-bond donors (Lipinski definition) is 2. The molecular weight excluding hydrogens is 518 g/mol. The predicted octanol–water partition coefficient (Wildman–Crippen LogP) is 5.45. The van der Waals surface area contributed by atoms with Crippen molar-refractivity contribution in [2.24, 2.45) is 5.73 Å². The van der Waals surface area contributed by atoms with Crippen LogP contribution in [0.3, 0.4) is 0 Å². The van der Waals surface area contributed by atoms with Crippen molar-refractivity contribution in [1.82, 2.24) is 24.2 Å². The lowest BCUT2D eigenvalue weighted by atomic mass is 10.1. The number of aromatic nitrogens is 4. The summed E-state index contributed by atoms with van der Waals surface area (Å²) in [6.45, 7) is 15.4. The Kier molecular flexibility index (Phi) is 14.7. The molecule has 0 atom stereocenters. The van der Waals surface area contributed by atoms with Gasteiger partial charge in [0.1, 0.15) is 17.0 Å². The maximum atomic E-state index is 11.8. The molecule has 1 aliphatic heterocycles. The molecule has 1 saturated heterocycles. The number of ether oxygens (including phenoxy) is 1. The number of aryl methyl sites for hydroxylation is 2. The Morgan fingerprint density at radius 2 is 1.85 bits per heavy atom. The summed E-state index contributed by atoms with van der Waals surface area (Å²) in [5.74, 6) is 0.922. The van der Waals surface area contributed by atoms with E-state index in [4.69, 9.17) is 10.5 Å². The fourth-order valence-electron chi connectivity index (χ4n) is 4.76. The minimum absolute atomic E-state index is 0.417. The number of fused-ring (bicyclic) bond motifs is 1. The molecule has 3 aromatic rings. The zero-order valence-electron chi connectivity index (χ0n) is 25.8. The second-order valence-corrected chi connectivity index (χ2v) is 9.63. The summed E-state index contributed by atoms with van der Waals surface area (Å²) in [7, 11) is 1.84. The van der Waals surface area contributed by atoms with Gasteiger partial charge in [0.25, 0.3) is 0 Å². The van der Waals surface area contributed by atoms with Crippen LogP contribution in [0.1, 0.15) is 86.3 Å². The molecule has 0 aliphatic carbocycles. The predicted molar refractivity (Wildman–Crippen MR) is 167 cm³/mol. The fourth-order valence-corrected chi connectivity index (χ4v) is 4.76. The molecule has 226 valence electrons. The summed E-state index contributed by atoms with van der Waals surface area (Å²) in [4.78, 5) is 29.3. The highest BCUT2D eigenvalue weighted by molar-refractivity contribution is 5.98. The molecular formula is C31H49N7O3. The molecule has 1 aliphatic rings. The Hall–Kier alpha value is -3.66. The molecule has 10 nitrogen and oxygen atoms in total. The average Bonchev–Trinajstić information content (AvgIpc) is 3.56. The normalized spacial score (nSPS) is 13.3. The number of piperidine rings is 1. The van der Waals surface area contributed by atoms with E-state index in [1.165, 1.54) is 32.4 Å². The van der Waals surface area contributed by atoms with Gasteiger partial charge in [-0.2, -0.15) is 5.10 Å². The number of likely N-dealkylation sites (tertiary alicyclic amines) is 1. The number of nitrogens with zero attached hydrogens (tertiary/aromatic N) is 5. The third-order valence-electron chi connectivity index (χ3n) is 6.68. The van der Waals surface area contributed by atoms with E-state index in [2.05, 4.69) is 43.9 Å². The molecule has 0 unspecified atom stereocenters. The zero-order valence-corrected chi connectivity index (χ0v) is 25.8. The summed E-state index contributed by atoms with van der Waals surface area (Å²) in [6, 6.07) is 5.25. The van der Waals surface area contributed by atoms with E-state index in [1.807, 2.05) is 34.7 Å². The summed E-state index contributed by atoms with van der Waals surface area (Å²) in [5.41, 5.74) is 9.10. The molecule has 0 radical (unpaired) electrons. The Morgan fingerprint density at radius 3 is 2.44 bits per heavy atom. The number of hydrogen-bond acceptors (Lipinski definition) is 7. The number of amides is 1. The van der Waals surface area contributed by atoms with Gasteiger partial charge in [0.15, 0.2) is 6.29 Å². The lowest BCUT2D eigenvalue weighted by molar-refractivity contribution is 0.0999. The number of rotatable bonds is 12. The first-order valence-corrected chi connectivity index (χ1v) is 14.9. The molecule has 1 aromatic carbocycles. The highest BCUT2D eigenvalue weighted by Gasteiger charge is 2.18. The van der Waals surface area contributed by atoms with E-state index in [-0.39, 0.29) is 0 Å². The van der Waals surface area contributed by atoms with Crippen molar-refractivity contribution in [1.29, 1.82) is 0 Å². The SMILES string of the molecule is CC.CC/C=C/Cn1c(NC)nc2cc(C(N)=O)cc(OCCCN3CCCCC3)c21.CCn1nc(C)cc1C=O. The zero-order chi connectivity index (χ0) is 30.2. The van der Waals surface area contributed by atoms with Crippen LogP contribution >= 0.6 is 0 Å². The largest absolute Gasteiger partial charge is 0.491 e. The van der Waals surface area contributed by atoms with Crippen molar-refractivity contribution < 1.29 is 14.3 Å². The van der Waals surface area contributed by atoms with Gasteiger partial charge in [0.05, 0.1) is 17.8 Å². The number of primary amides is 1. The Labute approximate surface area is 244 Å². The van der Waals surface area contributed by atoms with Crippen LogP contribution in [0, 0.1) is 6.92 Å². The smallest absolute Gasteiger partial charge is 0.248 e. The Balaban J connectivity index is 0.000000410. The minimum Gasteiger partial charge on any atom is -0.491 e. The first-order chi connectivity index (χ1) is 19.9. The average molecular weight is 568 g/mol. The molecule has 1 amide bonds. The molecule has 0 spiro atoms. The monoisotopic (exact) mass is 567 g/mol.